The quantitative estimate of drug-likeness (QED) is 0.899. The van der Waals surface area contributed by atoms with E-state index < -0.39 is 5.82 Å². The van der Waals surface area contributed by atoms with Gasteiger partial charge in [-0.05, 0) is 31.0 Å². The van der Waals surface area contributed by atoms with Gasteiger partial charge in [-0.15, -0.1) is 0 Å². The van der Waals surface area contributed by atoms with Gasteiger partial charge >= 0.3 is 0 Å². The Morgan fingerprint density at radius 1 is 1.36 bits per heavy atom. The molecule has 2 aromatic rings. The number of benzene rings is 1. The third-order valence-electron chi connectivity index (χ3n) is 4.68. The number of carbonyl (C=O) groups is 1. The van der Waals surface area contributed by atoms with Gasteiger partial charge in [-0.2, -0.15) is 5.10 Å². The van der Waals surface area contributed by atoms with Gasteiger partial charge < -0.3 is 14.7 Å². The van der Waals surface area contributed by atoms with Crippen LogP contribution in [0.2, 0.25) is 0 Å². The van der Waals surface area contributed by atoms with Crippen LogP contribution in [0, 0.1) is 5.82 Å². The van der Waals surface area contributed by atoms with Crippen molar-refractivity contribution in [2.45, 2.75) is 25.3 Å². The average molecular weight is 347 g/mol. The van der Waals surface area contributed by atoms with Crippen molar-refractivity contribution in [1.29, 1.82) is 0 Å². The van der Waals surface area contributed by atoms with Crippen LogP contribution in [0.15, 0.2) is 30.5 Å². The number of likely N-dealkylation sites (tertiary alicyclic amines) is 1. The van der Waals surface area contributed by atoms with Crippen LogP contribution in [0.1, 0.15) is 34.8 Å². The van der Waals surface area contributed by atoms with E-state index in [4.69, 9.17) is 9.84 Å². The molecule has 1 aliphatic rings. The third kappa shape index (κ3) is 3.51. The Bertz CT molecular complexity index is 739. The topological polar surface area (TPSA) is 67.6 Å². The maximum absolute atomic E-state index is 14.3. The Hall–Kier alpha value is -2.41. The summed E-state index contributed by atoms with van der Waals surface area (Å²) in [5, 5.41) is 13.3. The van der Waals surface area contributed by atoms with Gasteiger partial charge in [0.25, 0.3) is 5.91 Å². The minimum Gasteiger partial charge on any atom is -0.494 e. The number of amides is 1. The number of halogens is 1. The van der Waals surface area contributed by atoms with E-state index in [0.717, 1.165) is 18.5 Å². The Morgan fingerprint density at radius 3 is 2.80 bits per heavy atom. The van der Waals surface area contributed by atoms with E-state index in [1.807, 2.05) is 10.7 Å². The number of aliphatic hydroxyl groups excluding tert-OH is 1. The Kier molecular flexibility index (Phi) is 5.33. The van der Waals surface area contributed by atoms with E-state index >= 15 is 0 Å². The first-order chi connectivity index (χ1) is 12.2. The minimum atomic E-state index is -0.613. The molecular weight excluding hydrogens is 325 g/mol. The lowest BCUT2D eigenvalue weighted by Gasteiger charge is -2.32. The van der Waals surface area contributed by atoms with E-state index in [0.29, 0.717) is 19.6 Å². The fourth-order valence-corrected chi connectivity index (χ4v) is 3.35. The number of aromatic nitrogens is 2. The summed E-state index contributed by atoms with van der Waals surface area (Å²) in [6.45, 7) is 1.63. The van der Waals surface area contributed by atoms with Crippen molar-refractivity contribution in [1.82, 2.24) is 14.7 Å². The van der Waals surface area contributed by atoms with E-state index in [9.17, 15) is 9.18 Å². The van der Waals surface area contributed by atoms with E-state index in [-0.39, 0.29) is 29.7 Å². The highest BCUT2D eigenvalue weighted by atomic mass is 19.1. The van der Waals surface area contributed by atoms with Gasteiger partial charge in [0.05, 0.1) is 25.8 Å². The van der Waals surface area contributed by atoms with E-state index in [1.54, 1.807) is 17.2 Å². The summed E-state index contributed by atoms with van der Waals surface area (Å²) in [6.07, 6.45) is 3.30. The van der Waals surface area contributed by atoms with Crippen LogP contribution in [-0.4, -0.2) is 52.5 Å². The van der Waals surface area contributed by atoms with E-state index in [2.05, 4.69) is 5.10 Å². The Balaban J connectivity index is 1.68. The number of methoxy groups -OCH3 is 1. The number of rotatable bonds is 5. The normalized spacial score (nSPS) is 15.4. The summed E-state index contributed by atoms with van der Waals surface area (Å²) in [6, 6.07) is 6.57. The zero-order chi connectivity index (χ0) is 17.8. The molecule has 1 saturated heterocycles. The van der Waals surface area contributed by atoms with Crippen molar-refractivity contribution in [2.24, 2.45) is 0 Å². The summed E-state index contributed by atoms with van der Waals surface area (Å²) < 4.78 is 21.1. The molecule has 1 fully saturated rings. The maximum Gasteiger partial charge on any atom is 0.256 e. The summed E-state index contributed by atoms with van der Waals surface area (Å²) in [5.74, 6) is -0.557. The third-order valence-corrected chi connectivity index (χ3v) is 4.68. The molecule has 25 heavy (non-hydrogen) atoms. The molecular formula is C18H22FN3O3. The van der Waals surface area contributed by atoms with Crippen molar-refractivity contribution >= 4 is 5.91 Å². The molecule has 0 radical (unpaired) electrons. The van der Waals surface area contributed by atoms with Gasteiger partial charge in [-0.3, -0.25) is 9.48 Å². The molecule has 6 nitrogen and oxygen atoms in total. The number of carbonyl (C=O) groups excluding carboxylic acids is 1. The zero-order valence-electron chi connectivity index (χ0n) is 14.2. The van der Waals surface area contributed by atoms with Crippen molar-refractivity contribution in [3.8, 4) is 5.75 Å². The lowest BCUT2D eigenvalue weighted by molar-refractivity contribution is 0.0705. The summed E-state index contributed by atoms with van der Waals surface area (Å²) in [5.41, 5.74) is 1.12. The predicted molar refractivity (Wildman–Crippen MR) is 90.1 cm³/mol. The second kappa shape index (κ2) is 7.65. The molecule has 2 heterocycles. The molecule has 0 spiro atoms. The molecule has 1 N–H and O–H groups in total. The van der Waals surface area contributed by atoms with Crippen LogP contribution in [0.3, 0.4) is 0 Å². The summed E-state index contributed by atoms with van der Waals surface area (Å²) in [7, 11) is 1.38. The van der Waals surface area contributed by atoms with Gasteiger partial charge in [0, 0.05) is 30.9 Å². The summed E-state index contributed by atoms with van der Waals surface area (Å²) >= 11 is 0. The first-order valence-electron chi connectivity index (χ1n) is 8.40. The maximum atomic E-state index is 14.3. The van der Waals surface area contributed by atoms with Gasteiger partial charge in [0.1, 0.15) is 0 Å². The van der Waals surface area contributed by atoms with Gasteiger partial charge in [0.2, 0.25) is 0 Å². The Morgan fingerprint density at radius 2 is 2.12 bits per heavy atom. The number of nitrogens with zero attached hydrogens (tertiary/aromatic N) is 3. The van der Waals surface area contributed by atoms with Crippen molar-refractivity contribution in [3.05, 3.63) is 47.5 Å². The molecule has 1 aliphatic heterocycles. The molecule has 1 amide bonds. The molecule has 0 atom stereocenters. The average Bonchev–Trinajstić information content (AvgIpc) is 3.10. The smallest absolute Gasteiger partial charge is 0.256 e. The molecule has 0 saturated carbocycles. The van der Waals surface area contributed by atoms with Gasteiger partial charge in [-0.1, -0.05) is 6.07 Å². The van der Waals surface area contributed by atoms with Crippen LogP contribution in [-0.2, 0) is 6.54 Å². The Labute approximate surface area is 145 Å². The fraction of sp³-hybridized carbons (Fsp3) is 0.444. The van der Waals surface area contributed by atoms with Gasteiger partial charge in [-0.25, -0.2) is 4.39 Å². The second-order valence-corrected chi connectivity index (χ2v) is 6.09. The number of ether oxygens (including phenoxy) is 1. The number of aliphatic hydroxyl groups is 1. The highest BCUT2D eigenvalue weighted by molar-refractivity contribution is 5.95. The highest BCUT2D eigenvalue weighted by Gasteiger charge is 2.28. The molecule has 1 aromatic carbocycles. The van der Waals surface area contributed by atoms with Gasteiger partial charge in [0.15, 0.2) is 11.6 Å². The largest absolute Gasteiger partial charge is 0.494 e. The minimum absolute atomic E-state index is 0.0428. The highest BCUT2D eigenvalue weighted by Crippen LogP contribution is 2.29. The van der Waals surface area contributed by atoms with Crippen molar-refractivity contribution < 1.29 is 19.0 Å². The van der Waals surface area contributed by atoms with Crippen LogP contribution in [0.4, 0.5) is 4.39 Å². The number of piperidine rings is 1. The lowest BCUT2D eigenvalue weighted by Crippen LogP contribution is -2.38. The second-order valence-electron chi connectivity index (χ2n) is 6.09. The van der Waals surface area contributed by atoms with Crippen LogP contribution in [0.25, 0.3) is 0 Å². The summed E-state index contributed by atoms with van der Waals surface area (Å²) in [4.78, 5) is 14.3. The number of hydrogen-bond donors (Lipinski definition) is 1. The lowest BCUT2D eigenvalue weighted by atomic mass is 9.93. The molecule has 0 unspecified atom stereocenters. The molecule has 134 valence electrons. The van der Waals surface area contributed by atoms with Crippen molar-refractivity contribution in [3.63, 3.8) is 0 Å². The first-order valence-corrected chi connectivity index (χ1v) is 8.40. The molecule has 0 aliphatic carbocycles. The predicted octanol–water partition coefficient (Wildman–Crippen LogP) is 2.04. The van der Waals surface area contributed by atoms with E-state index in [1.165, 1.54) is 19.2 Å². The van der Waals surface area contributed by atoms with Crippen LogP contribution < -0.4 is 4.74 Å². The molecule has 3 rings (SSSR count). The first kappa shape index (κ1) is 17.4. The monoisotopic (exact) mass is 347 g/mol. The molecule has 1 aromatic heterocycles. The molecule has 0 bridgehead atoms. The van der Waals surface area contributed by atoms with Crippen molar-refractivity contribution in [2.75, 3.05) is 26.8 Å². The fourth-order valence-electron chi connectivity index (χ4n) is 3.35. The van der Waals surface area contributed by atoms with Crippen LogP contribution >= 0.6 is 0 Å². The standard InChI is InChI=1S/C18H22FN3O3/c1-25-16-4-2-3-14(17(16)19)18(24)21-9-6-13(7-10-21)15-5-8-20-22(15)11-12-23/h2-5,8,13,23H,6-7,9-12H2,1H3. The zero-order valence-corrected chi connectivity index (χ0v) is 14.2. The van der Waals surface area contributed by atoms with Crippen LogP contribution in [0.5, 0.6) is 5.75 Å². The number of hydrogen-bond acceptors (Lipinski definition) is 4. The SMILES string of the molecule is COc1cccc(C(=O)N2CCC(c3ccnn3CCO)CC2)c1F. The molecule has 7 heteroatoms.